The topological polar surface area (TPSA) is 42.0 Å². The summed E-state index contributed by atoms with van der Waals surface area (Å²) in [4.78, 5) is 20.1. The molecule has 2 saturated heterocycles. The van der Waals surface area contributed by atoms with Crippen LogP contribution in [-0.2, 0) is 16.1 Å². The number of likely N-dealkylation sites (tertiary alicyclic amines) is 1. The van der Waals surface area contributed by atoms with Crippen molar-refractivity contribution in [2.75, 3.05) is 13.1 Å². The normalized spacial score (nSPS) is 25.3. The van der Waals surface area contributed by atoms with Gasteiger partial charge in [0.25, 0.3) is 0 Å². The molecule has 126 valence electrons. The maximum absolute atomic E-state index is 12.2. The monoisotopic (exact) mass is 318 g/mol. The first-order chi connectivity index (χ1) is 10.9. The molecule has 5 heteroatoms. The second-order valence-corrected chi connectivity index (χ2v) is 7.39. The molecule has 2 heterocycles. The number of nitrogens with zero attached hydrogens (tertiary/aromatic N) is 2. The minimum absolute atomic E-state index is 0.0683. The van der Waals surface area contributed by atoms with Crippen molar-refractivity contribution >= 4 is 6.09 Å². The lowest BCUT2D eigenvalue weighted by molar-refractivity contribution is -0.180. The van der Waals surface area contributed by atoms with Crippen molar-refractivity contribution in [1.29, 1.82) is 0 Å². The Balaban J connectivity index is 1.58. The minimum atomic E-state index is -0.456. The third-order valence-corrected chi connectivity index (χ3v) is 4.22. The van der Waals surface area contributed by atoms with E-state index in [1.165, 1.54) is 5.56 Å². The number of fused-ring (bicyclic) bond motifs is 2. The van der Waals surface area contributed by atoms with Gasteiger partial charge in [0.15, 0.2) is 0 Å². The van der Waals surface area contributed by atoms with Crippen molar-refractivity contribution in [3.05, 3.63) is 35.9 Å². The van der Waals surface area contributed by atoms with Crippen molar-refractivity contribution in [2.24, 2.45) is 0 Å². The summed E-state index contributed by atoms with van der Waals surface area (Å²) in [6, 6.07) is 10.7. The summed E-state index contributed by atoms with van der Waals surface area (Å²) in [5, 5.41) is 2.09. The van der Waals surface area contributed by atoms with Crippen LogP contribution >= 0.6 is 0 Å². The van der Waals surface area contributed by atoms with Crippen molar-refractivity contribution < 1.29 is 14.4 Å². The van der Waals surface area contributed by atoms with Gasteiger partial charge in [-0.1, -0.05) is 30.3 Å². The molecule has 0 saturated carbocycles. The summed E-state index contributed by atoms with van der Waals surface area (Å²) in [6.45, 7) is 7.82. The molecule has 0 spiro atoms. The Bertz CT molecular complexity index is 541. The Labute approximate surface area is 138 Å². The number of ether oxygens (including phenoxy) is 1. The number of benzene rings is 1. The second kappa shape index (κ2) is 6.49. The number of rotatable bonds is 2. The van der Waals surface area contributed by atoms with E-state index < -0.39 is 5.60 Å². The predicted octanol–water partition coefficient (Wildman–Crippen LogP) is 3.20. The highest BCUT2D eigenvalue weighted by Crippen LogP contribution is 2.29. The van der Waals surface area contributed by atoms with Crippen LogP contribution in [0.2, 0.25) is 0 Å². The molecule has 1 aromatic carbocycles. The smallest absolute Gasteiger partial charge is 0.410 e. The zero-order valence-electron chi connectivity index (χ0n) is 14.2. The number of hydrogen-bond donors (Lipinski definition) is 0. The second-order valence-electron chi connectivity index (χ2n) is 7.39. The molecular formula is C18H26N2O3. The molecule has 2 fully saturated rings. The van der Waals surface area contributed by atoms with Crippen molar-refractivity contribution in [3.8, 4) is 0 Å². The molecule has 2 unspecified atom stereocenters. The van der Waals surface area contributed by atoms with E-state index in [-0.39, 0.29) is 12.2 Å². The van der Waals surface area contributed by atoms with Crippen LogP contribution in [0.4, 0.5) is 4.79 Å². The van der Waals surface area contributed by atoms with Crippen LogP contribution in [0.5, 0.6) is 0 Å². The lowest BCUT2D eigenvalue weighted by Crippen LogP contribution is -2.43. The Morgan fingerprint density at radius 1 is 1.30 bits per heavy atom. The number of amides is 1. The van der Waals surface area contributed by atoms with Crippen LogP contribution in [0.25, 0.3) is 0 Å². The first-order valence-electron chi connectivity index (χ1n) is 8.36. The van der Waals surface area contributed by atoms with Gasteiger partial charge < -0.3 is 9.64 Å². The molecule has 1 aromatic rings. The van der Waals surface area contributed by atoms with Gasteiger partial charge >= 0.3 is 6.09 Å². The van der Waals surface area contributed by atoms with E-state index >= 15 is 0 Å². The fraction of sp³-hybridized carbons (Fsp3) is 0.611. The molecule has 1 amide bonds. The maximum atomic E-state index is 12.2. The van der Waals surface area contributed by atoms with Crippen LogP contribution in [-0.4, -0.2) is 46.9 Å². The standard InChI is InChI=1S/C18H26N2O3/c1-18(2,3)22-17(21)19-10-9-15-11-16(13-19)23-20(15)12-14-7-5-4-6-8-14/h4-8,15-16H,9-13H2,1-3H3. The van der Waals surface area contributed by atoms with Gasteiger partial charge in [-0.05, 0) is 39.2 Å². The van der Waals surface area contributed by atoms with Gasteiger partial charge in [-0.25, -0.2) is 4.79 Å². The fourth-order valence-electron chi connectivity index (χ4n) is 3.18. The first-order valence-corrected chi connectivity index (χ1v) is 8.36. The molecule has 0 aliphatic carbocycles. The van der Waals surface area contributed by atoms with Crippen LogP contribution < -0.4 is 0 Å². The molecule has 2 atom stereocenters. The Morgan fingerprint density at radius 3 is 2.74 bits per heavy atom. The van der Waals surface area contributed by atoms with E-state index in [1.54, 1.807) is 4.90 Å². The largest absolute Gasteiger partial charge is 0.444 e. The number of hydrogen-bond acceptors (Lipinski definition) is 4. The van der Waals surface area contributed by atoms with E-state index in [4.69, 9.17) is 9.57 Å². The van der Waals surface area contributed by atoms with Gasteiger partial charge in [0.05, 0.1) is 12.6 Å². The van der Waals surface area contributed by atoms with Crippen molar-refractivity contribution in [1.82, 2.24) is 9.96 Å². The summed E-state index contributed by atoms with van der Waals surface area (Å²) >= 11 is 0. The third kappa shape index (κ3) is 4.24. The quantitative estimate of drug-likeness (QED) is 0.840. The SMILES string of the molecule is CC(C)(C)OC(=O)N1CCC2CC(C1)ON2Cc1ccccc1. The van der Waals surface area contributed by atoms with Gasteiger partial charge in [0.2, 0.25) is 0 Å². The van der Waals surface area contributed by atoms with E-state index in [1.807, 2.05) is 39.0 Å². The van der Waals surface area contributed by atoms with Crippen LogP contribution in [0.1, 0.15) is 39.2 Å². The average molecular weight is 318 g/mol. The van der Waals surface area contributed by atoms with E-state index in [9.17, 15) is 4.79 Å². The number of hydroxylamine groups is 2. The Kier molecular flexibility index (Phi) is 4.60. The molecule has 0 aromatic heterocycles. The summed E-state index contributed by atoms with van der Waals surface area (Å²) in [5.74, 6) is 0. The van der Waals surface area contributed by atoms with Gasteiger partial charge in [0, 0.05) is 19.1 Å². The van der Waals surface area contributed by atoms with Crippen molar-refractivity contribution in [2.45, 2.75) is 57.9 Å². The molecular weight excluding hydrogens is 292 g/mol. The Morgan fingerprint density at radius 2 is 2.04 bits per heavy atom. The lowest BCUT2D eigenvalue weighted by atomic mass is 10.1. The van der Waals surface area contributed by atoms with E-state index in [0.717, 1.165) is 25.9 Å². The van der Waals surface area contributed by atoms with E-state index in [0.29, 0.717) is 12.6 Å². The first kappa shape index (κ1) is 16.3. The highest BCUT2D eigenvalue weighted by atomic mass is 16.7. The fourth-order valence-corrected chi connectivity index (χ4v) is 3.18. The van der Waals surface area contributed by atoms with Crippen LogP contribution in [0.15, 0.2) is 30.3 Å². The predicted molar refractivity (Wildman–Crippen MR) is 87.7 cm³/mol. The minimum Gasteiger partial charge on any atom is -0.444 e. The van der Waals surface area contributed by atoms with Crippen LogP contribution in [0.3, 0.4) is 0 Å². The van der Waals surface area contributed by atoms with Gasteiger partial charge in [-0.15, -0.1) is 0 Å². The molecule has 0 N–H and O–H groups in total. The number of carbonyl (C=O) groups is 1. The highest BCUT2D eigenvalue weighted by molar-refractivity contribution is 5.68. The van der Waals surface area contributed by atoms with Gasteiger partial charge in [-0.2, -0.15) is 5.06 Å². The number of carbonyl (C=O) groups excluding carboxylic acids is 1. The molecule has 23 heavy (non-hydrogen) atoms. The summed E-state index contributed by atoms with van der Waals surface area (Å²) < 4.78 is 5.48. The molecule has 0 radical (unpaired) electrons. The molecule has 2 bridgehead atoms. The molecule has 2 aliphatic heterocycles. The Hall–Kier alpha value is -1.59. The lowest BCUT2D eigenvalue weighted by Gasteiger charge is -2.31. The summed E-state index contributed by atoms with van der Waals surface area (Å²) in [5.41, 5.74) is 0.797. The average Bonchev–Trinajstić information content (AvgIpc) is 2.70. The molecule has 2 aliphatic rings. The third-order valence-electron chi connectivity index (χ3n) is 4.22. The van der Waals surface area contributed by atoms with Gasteiger partial charge in [-0.3, -0.25) is 4.84 Å². The zero-order valence-corrected chi connectivity index (χ0v) is 14.2. The highest BCUT2D eigenvalue weighted by Gasteiger charge is 2.39. The summed E-state index contributed by atoms with van der Waals surface area (Å²) in [6.07, 6.45) is 1.73. The molecule has 3 rings (SSSR count). The maximum Gasteiger partial charge on any atom is 0.410 e. The van der Waals surface area contributed by atoms with Crippen molar-refractivity contribution in [3.63, 3.8) is 0 Å². The summed E-state index contributed by atoms with van der Waals surface area (Å²) in [7, 11) is 0. The zero-order chi connectivity index (χ0) is 16.4. The van der Waals surface area contributed by atoms with Gasteiger partial charge in [0.1, 0.15) is 5.60 Å². The van der Waals surface area contributed by atoms with Crippen LogP contribution in [0, 0.1) is 0 Å². The molecule has 5 nitrogen and oxygen atoms in total. The van der Waals surface area contributed by atoms with E-state index in [2.05, 4.69) is 17.2 Å².